The van der Waals surface area contributed by atoms with Crippen molar-refractivity contribution in [3.8, 4) is 0 Å². The van der Waals surface area contributed by atoms with Crippen LogP contribution in [-0.2, 0) is 17.8 Å². The Morgan fingerprint density at radius 1 is 1.44 bits per heavy atom. The molecule has 1 N–H and O–H groups in total. The molecule has 1 amide bonds. The molecule has 1 aromatic carbocycles. The summed E-state index contributed by atoms with van der Waals surface area (Å²) in [6.07, 6.45) is 1.87. The van der Waals surface area contributed by atoms with Gasteiger partial charge >= 0.3 is 0 Å². The Bertz CT molecular complexity index is 556. The number of H-pyrrole nitrogens is 1. The molecule has 0 spiro atoms. The minimum Gasteiger partial charge on any atom is -0.358 e. The maximum absolute atomic E-state index is 10.8. The monoisotopic (exact) mass is 214 g/mol. The van der Waals surface area contributed by atoms with Gasteiger partial charge in [-0.05, 0) is 19.1 Å². The van der Waals surface area contributed by atoms with Crippen LogP contribution in [0.15, 0.2) is 18.2 Å². The van der Waals surface area contributed by atoms with Crippen molar-refractivity contribution in [2.45, 2.75) is 19.9 Å². The number of hydrogen-bond donors (Lipinski definition) is 1. The lowest BCUT2D eigenvalue weighted by atomic mass is 10.0. The molecule has 0 saturated heterocycles. The Balaban J connectivity index is 2.19. The molecule has 3 heteroatoms. The lowest BCUT2D eigenvalue weighted by molar-refractivity contribution is -0.118. The topological polar surface area (TPSA) is 36.1 Å². The van der Waals surface area contributed by atoms with E-state index in [1.165, 1.54) is 27.7 Å². The summed E-state index contributed by atoms with van der Waals surface area (Å²) in [4.78, 5) is 16.1. The first-order valence-electron chi connectivity index (χ1n) is 5.57. The minimum absolute atomic E-state index is 0.738. The fourth-order valence-electron chi connectivity index (χ4n) is 2.44. The lowest BCUT2D eigenvalue weighted by Gasteiger charge is -2.22. The van der Waals surface area contributed by atoms with Gasteiger partial charge in [-0.25, -0.2) is 0 Å². The van der Waals surface area contributed by atoms with Crippen molar-refractivity contribution < 1.29 is 4.79 Å². The maximum atomic E-state index is 10.8. The van der Waals surface area contributed by atoms with E-state index in [2.05, 4.69) is 30.1 Å². The van der Waals surface area contributed by atoms with E-state index in [4.69, 9.17) is 0 Å². The van der Waals surface area contributed by atoms with Gasteiger partial charge in [0, 0.05) is 41.7 Å². The predicted molar refractivity (Wildman–Crippen MR) is 63.2 cm³/mol. The largest absolute Gasteiger partial charge is 0.358 e. The van der Waals surface area contributed by atoms with Crippen LogP contribution in [0, 0.1) is 6.92 Å². The second-order valence-electron chi connectivity index (χ2n) is 4.46. The van der Waals surface area contributed by atoms with Crippen LogP contribution in [0.25, 0.3) is 10.9 Å². The molecule has 1 aliphatic rings. The summed E-state index contributed by atoms with van der Waals surface area (Å²) >= 11 is 0. The Hall–Kier alpha value is -1.77. The molecule has 16 heavy (non-hydrogen) atoms. The van der Waals surface area contributed by atoms with E-state index in [0.29, 0.717) is 0 Å². The predicted octanol–water partition coefficient (Wildman–Crippen LogP) is 1.99. The molecule has 2 aromatic rings. The first kappa shape index (κ1) is 9.46. The fourth-order valence-corrected chi connectivity index (χ4v) is 2.44. The summed E-state index contributed by atoms with van der Waals surface area (Å²) in [6.45, 7) is 3.66. The van der Waals surface area contributed by atoms with Crippen LogP contribution in [0.4, 0.5) is 0 Å². The van der Waals surface area contributed by atoms with Crippen LogP contribution in [-0.4, -0.2) is 22.8 Å². The third-order valence-electron chi connectivity index (χ3n) is 3.31. The molecule has 82 valence electrons. The molecule has 2 heterocycles. The number of fused-ring (bicyclic) bond motifs is 3. The van der Waals surface area contributed by atoms with Gasteiger partial charge < -0.3 is 9.88 Å². The number of nitrogens with zero attached hydrogens (tertiary/aromatic N) is 1. The van der Waals surface area contributed by atoms with Crippen LogP contribution in [0.1, 0.15) is 16.8 Å². The summed E-state index contributed by atoms with van der Waals surface area (Å²) < 4.78 is 0. The van der Waals surface area contributed by atoms with Crippen molar-refractivity contribution in [3.63, 3.8) is 0 Å². The quantitative estimate of drug-likeness (QED) is 0.724. The molecule has 0 bridgehead atoms. The van der Waals surface area contributed by atoms with Gasteiger partial charge in [0.1, 0.15) is 0 Å². The number of nitrogens with one attached hydrogen (secondary N) is 1. The highest BCUT2D eigenvalue weighted by molar-refractivity contribution is 5.85. The SMILES string of the molecule is Cc1ccc2[nH]c3c(c2c1)CN(C=O)CC3. The van der Waals surface area contributed by atoms with Crippen molar-refractivity contribution >= 4 is 17.3 Å². The van der Waals surface area contributed by atoms with Crippen LogP contribution in [0.2, 0.25) is 0 Å². The Morgan fingerprint density at radius 3 is 3.12 bits per heavy atom. The molecule has 3 nitrogen and oxygen atoms in total. The normalized spacial score (nSPS) is 15.2. The second-order valence-corrected chi connectivity index (χ2v) is 4.46. The summed E-state index contributed by atoms with van der Waals surface area (Å²) in [5.41, 5.74) is 5.02. The van der Waals surface area contributed by atoms with E-state index < -0.39 is 0 Å². The number of carbonyl (C=O) groups excluding carboxylic acids is 1. The van der Waals surface area contributed by atoms with E-state index in [0.717, 1.165) is 25.9 Å². The van der Waals surface area contributed by atoms with E-state index in [1.807, 2.05) is 4.90 Å². The Kier molecular flexibility index (Phi) is 1.99. The van der Waals surface area contributed by atoms with Crippen molar-refractivity contribution in [1.82, 2.24) is 9.88 Å². The van der Waals surface area contributed by atoms with Gasteiger partial charge in [-0.2, -0.15) is 0 Å². The molecule has 0 radical (unpaired) electrons. The van der Waals surface area contributed by atoms with Gasteiger partial charge in [0.05, 0.1) is 0 Å². The van der Waals surface area contributed by atoms with Crippen molar-refractivity contribution in [3.05, 3.63) is 35.0 Å². The number of amides is 1. The van der Waals surface area contributed by atoms with Gasteiger partial charge in [0.15, 0.2) is 0 Å². The van der Waals surface area contributed by atoms with Crippen LogP contribution < -0.4 is 0 Å². The zero-order chi connectivity index (χ0) is 11.1. The summed E-state index contributed by atoms with van der Waals surface area (Å²) in [7, 11) is 0. The van der Waals surface area contributed by atoms with Gasteiger partial charge in [-0.1, -0.05) is 11.6 Å². The van der Waals surface area contributed by atoms with Crippen LogP contribution >= 0.6 is 0 Å². The summed E-state index contributed by atoms with van der Waals surface area (Å²) in [5, 5.41) is 1.27. The van der Waals surface area contributed by atoms with Gasteiger partial charge in [-0.3, -0.25) is 4.79 Å². The Labute approximate surface area is 94.1 Å². The molecular weight excluding hydrogens is 200 g/mol. The molecule has 0 atom stereocenters. The first-order valence-corrected chi connectivity index (χ1v) is 5.57. The molecule has 0 unspecified atom stereocenters. The van der Waals surface area contributed by atoms with E-state index >= 15 is 0 Å². The standard InChI is InChI=1S/C13H14N2O/c1-9-2-3-12-10(6-9)11-7-15(8-16)5-4-13(11)14-12/h2-3,6,8,14H,4-5,7H2,1H3. The van der Waals surface area contributed by atoms with Crippen LogP contribution in [0.3, 0.4) is 0 Å². The van der Waals surface area contributed by atoms with Crippen molar-refractivity contribution in [2.24, 2.45) is 0 Å². The summed E-state index contributed by atoms with van der Waals surface area (Å²) in [6, 6.07) is 6.43. The molecule has 0 saturated carbocycles. The first-order chi connectivity index (χ1) is 7.78. The minimum atomic E-state index is 0.738. The maximum Gasteiger partial charge on any atom is 0.210 e. The van der Waals surface area contributed by atoms with E-state index in [9.17, 15) is 4.79 Å². The lowest BCUT2D eigenvalue weighted by Crippen LogP contribution is -2.28. The molecule has 0 aliphatic carbocycles. The number of carbonyl (C=O) groups is 1. The number of aromatic amines is 1. The van der Waals surface area contributed by atoms with Gasteiger partial charge in [-0.15, -0.1) is 0 Å². The molecule has 3 rings (SSSR count). The smallest absolute Gasteiger partial charge is 0.210 e. The van der Waals surface area contributed by atoms with Gasteiger partial charge in [0.25, 0.3) is 0 Å². The third kappa shape index (κ3) is 1.32. The van der Waals surface area contributed by atoms with Crippen molar-refractivity contribution in [1.29, 1.82) is 0 Å². The van der Waals surface area contributed by atoms with E-state index in [-0.39, 0.29) is 0 Å². The van der Waals surface area contributed by atoms with Crippen LogP contribution in [0.5, 0.6) is 0 Å². The highest BCUT2D eigenvalue weighted by Gasteiger charge is 2.19. The average Bonchev–Trinajstić information content (AvgIpc) is 2.66. The fraction of sp³-hybridized carbons (Fsp3) is 0.308. The highest BCUT2D eigenvalue weighted by Crippen LogP contribution is 2.27. The number of aryl methyl sites for hydroxylation is 1. The average molecular weight is 214 g/mol. The number of benzene rings is 1. The molecule has 1 aromatic heterocycles. The van der Waals surface area contributed by atoms with Crippen molar-refractivity contribution in [2.75, 3.05) is 6.54 Å². The highest BCUT2D eigenvalue weighted by atomic mass is 16.1. The van der Waals surface area contributed by atoms with Gasteiger partial charge in [0.2, 0.25) is 6.41 Å². The second kappa shape index (κ2) is 3.37. The zero-order valence-electron chi connectivity index (χ0n) is 9.29. The number of hydrogen-bond acceptors (Lipinski definition) is 1. The summed E-state index contributed by atoms with van der Waals surface area (Å²) in [5.74, 6) is 0. The number of rotatable bonds is 1. The Morgan fingerprint density at radius 2 is 2.31 bits per heavy atom. The molecule has 1 aliphatic heterocycles. The van der Waals surface area contributed by atoms with E-state index in [1.54, 1.807) is 0 Å². The molecular formula is C13H14N2O. The molecule has 0 fully saturated rings. The zero-order valence-corrected chi connectivity index (χ0v) is 9.29. The number of aromatic nitrogens is 1. The third-order valence-corrected chi connectivity index (χ3v) is 3.31.